The first-order valence-corrected chi connectivity index (χ1v) is 11.6. The van der Waals surface area contributed by atoms with Crippen molar-refractivity contribution in [2.75, 3.05) is 0 Å². The zero-order valence-electron chi connectivity index (χ0n) is 21.2. The van der Waals surface area contributed by atoms with Gasteiger partial charge in [0.1, 0.15) is 29.0 Å². The molecule has 0 aliphatic carbocycles. The van der Waals surface area contributed by atoms with Gasteiger partial charge in [-0.3, -0.25) is 0 Å². The second-order valence-electron chi connectivity index (χ2n) is 8.73. The summed E-state index contributed by atoms with van der Waals surface area (Å²) in [6.07, 6.45) is 9.93. The van der Waals surface area contributed by atoms with E-state index in [1.54, 1.807) is 30.7 Å². The molecule has 0 spiro atoms. The van der Waals surface area contributed by atoms with E-state index >= 15 is 4.39 Å². The number of nitrogens with zero attached hydrogens (tertiary/aromatic N) is 6. The first-order valence-electron chi connectivity index (χ1n) is 11.6. The summed E-state index contributed by atoms with van der Waals surface area (Å²) < 4.78 is 28.2. The molecule has 0 amide bonds. The van der Waals surface area contributed by atoms with Crippen molar-refractivity contribution < 1.29 is 19.0 Å². The maximum Gasteiger partial charge on any atom is 0.322 e. The Labute approximate surface area is 225 Å². The fraction of sp³-hybridized carbons (Fsp3) is 0.148. The Balaban J connectivity index is 1.74. The molecule has 0 unspecified atom stereocenters. The molecule has 188 valence electrons. The molecule has 5 rings (SSSR count). The normalized spacial score (nSPS) is 11.4. The zero-order chi connectivity index (χ0) is 27.9. The first-order chi connectivity index (χ1) is 18.6. The van der Waals surface area contributed by atoms with E-state index in [2.05, 4.69) is 30.8 Å². The number of halogens is 1. The molecule has 9 nitrogen and oxygen atoms in total. The number of hydrogen-bond donors (Lipinski definition) is 1. The fourth-order valence-corrected chi connectivity index (χ4v) is 4.26. The molecule has 0 saturated carbocycles. The van der Waals surface area contributed by atoms with Gasteiger partial charge < -0.3 is 19.1 Å². The minimum atomic E-state index is -2.51. The molecule has 0 saturated heterocycles. The minimum absolute atomic E-state index is 0.0225. The summed E-state index contributed by atoms with van der Waals surface area (Å²) >= 11 is 0. The standard InChI is InChI=1S/C27H19B2FN6O3/c1-5-17-11-21(39-27(28,29)37)18(12-32-17)24-23(22-15(3)33-13-34-25(22)36(24)4)16-6-7-20(19(30)10-16)38-26-31-9-8-14(2)35-26/h1,6-13,37H,2-4H3. The highest BCUT2D eigenvalue weighted by Gasteiger charge is 2.26. The molecule has 0 atom stereocenters. The Morgan fingerprint density at radius 3 is 2.56 bits per heavy atom. The highest BCUT2D eigenvalue weighted by atomic mass is 19.1. The van der Waals surface area contributed by atoms with Gasteiger partial charge in [0, 0.05) is 42.2 Å². The maximum atomic E-state index is 15.4. The zero-order valence-corrected chi connectivity index (χ0v) is 21.2. The van der Waals surface area contributed by atoms with E-state index in [4.69, 9.17) is 31.6 Å². The number of rotatable bonds is 6. The number of aliphatic hydroxyl groups is 1. The SMILES string of the molecule is [B]C([B])(O)Oc1cc(C#C)ncc1-c1c(-c2ccc(Oc3nccc(C)n3)c(F)c2)c2c(C)ncnc2n1C. The summed E-state index contributed by atoms with van der Waals surface area (Å²) in [5.41, 5.74) is 1.53. The summed E-state index contributed by atoms with van der Waals surface area (Å²) in [5, 5.41) is 10.7. The quantitative estimate of drug-likeness (QED) is 0.208. The van der Waals surface area contributed by atoms with Crippen LogP contribution >= 0.6 is 0 Å². The predicted molar refractivity (Wildman–Crippen MR) is 144 cm³/mol. The topological polar surface area (TPSA) is 108 Å². The first kappa shape index (κ1) is 25.9. The average Bonchev–Trinajstić information content (AvgIpc) is 3.17. The van der Waals surface area contributed by atoms with E-state index in [9.17, 15) is 5.11 Å². The van der Waals surface area contributed by atoms with E-state index < -0.39 is 11.4 Å². The molecule has 1 N–H and O–H groups in total. The lowest BCUT2D eigenvalue weighted by atomic mass is 9.76. The summed E-state index contributed by atoms with van der Waals surface area (Å²) in [6.45, 7) is 3.59. The largest absolute Gasteiger partial charge is 0.481 e. The predicted octanol–water partition coefficient (Wildman–Crippen LogP) is 3.34. The van der Waals surface area contributed by atoms with Crippen LogP contribution in [0.4, 0.5) is 4.39 Å². The van der Waals surface area contributed by atoms with Crippen LogP contribution in [-0.4, -0.2) is 55.9 Å². The molecule has 0 aliphatic rings. The van der Waals surface area contributed by atoms with Gasteiger partial charge in [0.2, 0.25) is 0 Å². The van der Waals surface area contributed by atoms with Crippen molar-refractivity contribution in [2.45, 2.75) is 19.4 Å². The molecule has 0 aliphatic heterocycles. The molecule has 4 aromatic heterocycles. The number of ether oxygens (including phenoxy) is 2. The lowest BCUT2D eigenvalue weighted by Crippen LogP contribution is -2.36. The van der Waals surface area contributed by atoms with Crippen molar-refractivity contribution in [1.82, 2.24) is 29.5 Å². The van der Waals surface area contributed by atoms with Gasteiger partial charge in [0.15, 0.2) is 27.3 Å². The van der Waals surface area contributed by atoms with Crippen LogP contribution in [0.3, 0.4) is 0 Å². The lowest BCUT2D eigenvalue weighted by molar-refractivity contribution is 0.0131. The summed E-state index contributed by atoms with van der Waals surface area (Å²) in [7, 11) is 12.8. The second kappa shape index (κ2) is 9.85. The minimum Gasteiger partial charge on any atom is -0.481 e. The monoisotopic (exact) mass is 516 g/mol. The molecule has 4 radical (unpaired) electrons. The molecule has 0 bridgehead atoms. The highest BCUT2D eigenvalue weighted by molar-refractivity contribution is 6.37. The van der Waals surface area contributed by atoms with Crippen molar-refractivity contribution in [1.29, 1.82) is 0 Å². The number of aryl methyl sites for hydroxylation is 3. The lowest BCUT2D eigenvalue weighted by Gasteiger charge is -2.24. The smallest absolute Gasteiger partial charge is 0.322 e. The number of benzene rings is 1. The fourth-order valence-electron chi connectivity index (χ4n) is 4.26. The molecule has 12 heteroatoms. The molecule has 1 aromatic carbocycles. The van der Waals surface area contributed by atoms with Gasteiger partial charge in [0.05, 0.1) is 17.0 Å². The van der Waals surface area contributed by atoms with E-state index in [-0.39, 0.29) is 23.2 Å². The summed E-state index contributed by atoms with van der Waals surface area (Å²) in [6, 6.07) is 7.63. The van der Waals surface area contributed by atoms with Crippen LogP contribution in [0.15, 0.2) is 49.1 Å². The van der Waals surface area contributed by atoms with Crippen molar-refractivity contribution in [2.24, 2.45) is 7.05 Å². The van der Waals surface area contributed by atoms with E-state index in [0.29, 0.717) is 44.8 Å². The van der Waals surface area contributed by atoms with Gasteiger partial charge in [-0.1, -0.05) is 12.0 Å². The number of aromatic nitrogens is 6. The van der Waals surface area contributed by atoms with Crippen LogP contribution < -0.4 is 9.47 Å². The Morgan fingerprint density at radius 1 is 1.08 bits per heavy atom. The molecule has 4 heterocycles. The van der Waals surface area contributed by atoms with Crippen LogP contribution in [0.25, 0.3) is 33.4 Å². The van der Waals surface area contributed by atoms with Crippen LogP contribution in [0.5, 0.6) is 17.5 Å². The van der Waals surface area contributed by atoms with E-state index in [1.165, 1.54) is 36.9 Å². The van der Waals surface area contributed by atoms with Gasteiger partial charge in [-0.15, -0.1) is 6.42 Å². The average molecular weight is 516 g/mol. The number of hydrogen-bond acceptors (Lipinski definition) is 8. The molecular formula is C27H19B2FN6O3. The molecule has 5 aromatic rings. The van der Waals surface area contributed by atoms with Gasteiger partial charge in [-0.05, 0) is 37.6 Å². The van der Waals surface area contributed by atoms with Crippen LogP contribution in [0.2, 0.25) is 0 Å². The van der Waals surface area contributed by atoms with Crippen LogP contribution in [0.1, 0.15) is 17.1 Å². The molecule has 39 heavy (non-hydrogen) atoms. The summed E-state index contributed by atoms with van der Waals surface area (Å²) in [4.78, 5) is 21.2. The van der Waals surface area contributed by atoms with Crippen molar-refractivity contribution in [3.8, 4) is 52.2 Å². The third kappa shape index (κ3) is 5.04. The third-order valence-corrected chi connectivity index (χ3v) is 5.89. The van der Waals surface area contributed by atoms with Gasteiger partial charge in [-0.2, -0.15) is 0 Å². The maximum absolute atomic E-state index is 15.4. The van der Waals surface area contributed by atoms with Crippen LogP contribution in [0, 0.1) is 32.0 Å². The Bertz CT molecular complexity index is 1780. The number of terminal acetylenes is 1. The second-order valence-corrected chi connectivity index (χ2v) is 8.73. The van der Waals surface area contributed by atoms with Gasteiger partial charge >= 0.3 is 6.01 Å². The number of pyridine rings is 1. The molecule has 0 fully saturated rings. The molecular weight excluding hydrogens is 497 g/mol. The van der Waals surface area contributed by atoms with E-state index in [1.807, 2.05) is 6.92 Å². The summed E-state index contributed by atoms with van der Waals surface area (Å²) in [5.74, 6) is 1.76. The highest BCUT2D eigenvalue weighted by Crippen LogP contribution is 2.44. The van der Waals surface area contributed by atoms with Crippen molar-refractivity contribution >= 4 is 26.7 Å². The number of fused-ring (bicyclic) bond motifs is 1. The Hall–Kier alpha value is -4.75. The van der Waals surface area contributed by atoms with Crippen molar-refractivity contribution in [3.05, 3.63) is 72.0 Å². The van der Waals surface area contributed by atoms with E-state index in [0.717, 1.165) is 0 Å². The Morgan fingerprint density at radius 2 is 1.87 bits per heavy atom. The van der Waals surface area contributed by atoms with Crippen LogP contribution in [-0.2, 0) is 7.05 Å². The van der Waals surface area contributed by atoms with Crippen molar-refractivity contribution in [3.63, 3.8) is 0 Å². The van der Waals surface area contributed by atoms with Gasteiger partial charge in [-0.25, -0.2) is 29.3 Å². The third-order valence-electron chi connectivity index (χ3n) is 5.89. The Kier molecular flexibility index (Phi) is 6.54. The van der Waals surface area contributed by atoms with Gasteiger partial charge in [0.25, 0.3) is 0 Å².